The van der Waals surface area contributed by atoms with Crippen molar-refractivity contribution in [3.05, 3.63) is 132 Å². The second-order valence-corrected chi connectivity index (χ2v) is 7.45. The maximum Gasteiger partial charge on any atom is 0.348 e. The first-order valence-electron chi connectivity index (χ1n) is 9.90. The van der Waals surface area contributed by atoms with Crippen LogP contribution in [0.1, 0.15) is 23.6 Å². The summed E-state index contributed by atoms with van der Waals surface area (Å²) in [6, 6.07) is 29.9. The fourth-order valence-electron chi connectivity index (χ4n) is 4.06. The summed E-state index contributed by atoms with van der Waals surface area (Å²) < 4.78 is 0. The van der Waals surface area contributed by atoms with Gasteiger partial charge in [-0.15, -0.1) is 0 Å². The molecule has 4 rings (SSSR count). The van der Waals surface area contributed by atoms with E-state index in [1.54, 1.807) is 12.3 Å². The third-order valence-corrected chi connectivity index (χ3v) is 5.44. The molecule has 1 aliphatic rings. The summed E-state index contributed by atoms with van der Waals surface area (Å²) >= 11 is 0. The molecule has 0 saturated heterocycles. The van der Waals surface area contributed by atoms with Gasteiger partial charge < -0.3 is 10.4 Å². The van der Waals surface area contributed by atoms with Crippen LogP contribution in [-0.2, 0) is 10.3 Å². The fourth-order valence-corrected chi connectivity index (χ4v) is 4.06. The summed E-state index contributed by atoms with van der Waals surface area (Å²) in [5.41, 5.74) is 1.32. The molecular formula is C26H24N2O2. The van der Waals surface area contributed by atoms with Crippen molar-refractivity contribution < 1.29 is 9.90 Å². The van der Waals surface area contributed by atoms with E-state index in [1.807, 2.05) is 104 Å². The maximum absolute atomic E-state index is 12.6. The highest BCUT2D eigenvalue weighted by molar-refractivity contribution is 5.82. The van der Waals surface area contributed by atoms with Crippen molar-refractivity contribution in [3.8, 4) is 0 Å². The van der Waals surface area contributed by atoms with Crippen LogP contribution < -0.4 is 10.6 Å². The van der Waals surface area contributed by atoms with E-state index in [0.717, 1.165) is 22.3 Å². The van der Waals surface area contributed by atoms with E-state index >= 15 is 0 Å². The summed E-state index contributed by atoms with van der Waals surface area (Å²) in [5, 5.41) is 16.9. The van der Waals surface area contributed by atoms with Gasteiger partial charge in [-0.3, -0.25) is 5.32 Å². The highest BCUT2D eigenvalue weighted by Gasteiger charge is 2.47. The van der Waals surface area contributed by atoms with Crippen molar-refractivity contribution in [1.29, 1.82) is 0 Å². The third-order valence-electron chi connectivity index (χ3n) is 5.44. The van der Waals surface area contributed by atoms with E-state index in [0.29, 0.717) is 0 Å². The standard InChI is InChI=1S/C26H24N2O2/c1-20-17-18-27-25(19-20,24(29)30)28-26(21-11-5-2-6-12-21,22-13-7-3-8-14-22)23-15-9-4-10-16-23/h2-19,27-28H,1H3,(H,29,30). The maximum atomic E-state index is 12.6. The van der Waals surface area contributed by atoms with Crippen molar-refractivity contribution >= 4 is 5.97 Å². The molecule has 0 aromatic heterocycles. The van der Waals surface area contributed by atoms with Crippen LogP contribution in [0.5, 0.6) is 0 Å². The van der Waals surface area contributed by atoms with Crippen LogP contribution in [-0.4, -0.2) is 16.7 Å². The molecular weight excluding hydrogens is 372 g/mol. The Labute approximate surface area is 176 Å². The fraction of sp³-hybridized carbons (Fsp3) is 0.115. The van der Waals surface area contributed by atoms with Gasteiger partial charge in [0.25, 0.3) is 0 Å². The summed E-state index contributed by atoms with van der Waals surface area (Å²) in [5.74, 6) is -1.00. The monoisotopic (exact) mass is 396 g/mol. The van der Waals surface area contributed by atoms with Crippen molar-refractivity contribution in [3.63, 3.8) is 0 Å². The van der Waals surface area contributed by atoms with Gasteiger partial charge in [0, 0.05) is 0 Å². The molecule has 3 N–H and O–H groups in total. The van der Waals surface area contributed by atoms with Crippen molar-refractivity contribution in [2.24, 2.45) is 0 Å². The highest BCUT2D eigenvalue weighted by Crippen LogP contribution is 2.39. The van der Waals surface area contributed by atoms with Gasteiger partial charge in [0.05, 0.1) is 5.54 Å². The lowest BCUT2D eigenvalue weighted by atomic mass is 9.75. The minimum atomic E-state index is -1.49. The third kappa shape index (κ3) is 3.42. The predicted octanol–water partition coefficient (Wildman–Crippen LogP) is 4.41. The minimum Gasteiger partial charge on any atom is -0.478 e. The number of hydrogen-bond donors (Lipinski definition) is 3. The molecule has 0 radical (unpaired) electrons. The normalized spacial score (nSPS) is 18.4. The number of aliphatic carboxylic acids is 1. The molecule has 0 spiro atoms. The van der Waals surface area contributed by atoms with Gasteiger partial charge in [-0.2, -0.15) is 0 Å². The Morgan fingerprint density at radius 1 is 0.833 bits per heavy atom. The predicted molar refractivity (Wildman–Crippen MR) is 119 cm³/mol. The van der Waals surface area contributed by atoms with Gasteiger partial charge in [-0.25, -0.2) is 4.79 Å². The Kier molecular flexibility index (Phi) is 5.25. The molecule has 1 heterocycles. The lowest BCUT2D eigenvalue weighted by Crippen LogP contribution is -2.67. The number of benzene rings is 3. The van der Waals surface area contributed by atoms with Crippen LogP contribution in [0.3, 0.4) is 0 Å². The van der Waals surface area contributed by atoms with Crippen molar-refractivity contribution in [2.75, 3.05) is 0 Å². The van der Waals surface area contributed by atoms with E-state index in [2.05, 4.69) is 10.6 Å². The molecule has 4 heteroatoms. The molecule has 0 amide bonds. The van der Waals surface area contributed by atoms with E-state index < -0.39 is 17.2 Å². The molecule has 0 fully saturated rings. The highest BCUT2D eigenvalue weighted by atomic mass is 16.4. The Balaban J connectivity index is 2.03. The molecule has 4 nitrogen and oxygen atoms in total. The average Bonchev–Trinajstić information content (AvgIpc) is 2.79. The molecule has 1 aliphatic heterocycles. The number of dihydropyridines is 1. The van der Waals surface area contributed by atoms with E-state index in [-0.39, 0.29) is 0 Å². The van der Waals surface area contributed by atoms with Crippen LogP contribution in [0.15, 0.2) is 115 Å². The number of nitrogens with one attached hydrogen (secondary N) is 2. The largest absolute Gasteiger partial charge is 0.478 e. The first-order chi connectivity index (χ1) is 14.6. The van der Waals surface area contributed by atoms with E-state index in [1.165, 1.54) is 0 Å². The zero-order valence-corrected chi connectivity index (χ0v) is 16.7. The molecule has 1 unspecified atom stereocenters. The Bertz CT molecular complexity index is 979. The second kappa shape index (κ2) is 8.01. The number of carboxylic acid groups (broad SMARTS) is 1. The molecule has 30 heavy (non-hydrogen) atoms. The van der Waals surface area contributed by atoms with Gasteiger partial charge >= 0.3 is 5.97 Å². The lowest BCUT2D eigenvalue weighted by molar-refractivity contribution is -0.144. The number of carbonyl (C=O) groups is 1. The zero-order chi connectivity index (χ0) is 21.0. The number of rotatable bonds is 6. The summed E-state index contributed by atoms with van der Waals surface area (Å²) in [6.45, 7) is 1.89. The molecule has 150 valence electrons. The molecule has 0 bridgehead atoms. The minimum absolute atomic E-state index is 0.867. The van der Waals surface area contributed by atoms with E-state index in [9.17, 15) is 9.90 Å². The zero-order valence-electron chi connectivity index (χ0n) is 16.7. The van der Waals surface area contributed by atoms with E-state index in [4.69, 9.17) is 0 Å². The van der Waals surface area contributed by atoms with Gasteiger partial charge in [0.2, 0.25) is 5.66 Å². The first kappa shape index (κ1) is 19.7. The molecule has 3 aromatic carbocycles. The van der Waals surface area contributed by atoms with Crippen LogP contribution in [0, 0.1) is 0 Å². The number of carboxylic acids is 1. The summed E-state index contributed by atoms with van der Waals surface area (Å²) in [4.78, 5) is 12.6. The first-order valence-corrected chi connectivity index (χ1v) is 9.90. The van der Waals surface area contributed by atoms with Gasteiger partial charge in [0.15, 0.2) is 0 Å². The quantitative estimate of drug-likeness (QED) is 0.540. The van der Waals surface area contributed by atoms with Gasteiger partial charge in [-0.05, 0) is 47.5 Å². The molecule has 0 aliphatic carbocycles. The van der Waals surface area contributed by atoms with Gasteiger partial charge in [-0.1, -0.05) is 91.0 Å². The topological polar surface area (TPSA) is 61.4 Å². The van der Waals surface area contributed by atoms with Gasteiger partial charge in [0.1, 0.15) is 0 Å². The SMILES string of the molecule is CC1=CC(NC(c2ccccc2)(c2ccccc2)c2ccccc2)(C(=O)O)NC=C1. The summed E-state index contributed by atoms with van der Waals surface area (Å²) in [6.07, 6.45) is 5.26. The number of hydrogen-bond acceptors (Lipinski definition) is 3. The van der Waals surface area contributed by atoms with Crippen LogP contribution in [0.4, 0.5) is 0 Å². The van der Waals surface area contributed by atoms with Crippen LogP contribution in [0.2, 0.25) is 0 Å². The second-order valence-electron chi connectivity index (χ2n) is 7.45. The Morgan fingerprint density at radius 3 is 1.63 bits per heavy atom. The smallest absolute Gasteiger partial charge is 0.348 e. The molecule has 0 saturated carbocycles. The summed E-state index contributed by atoms with van der Waals surface area (Å²) in [7, 11) is 0. The number of allylic oxidation sites excluding steroid dienone is 2. The molecule has 1 atom stereocenters. The Hall–Kier alpha value is -3.63. The average molecular weight is 396 g/mol. The van der Waals surface area contributed by atoms with Crippen LogP contribution in [0.25, 0.3) is 0 Å². The molecule has 3 aromatic rings. The van der Waals surface area contributed by atoms with Crippen LogP contribution >= 0.6 is 0 Å². The van der Waals surface area contributed by atoms with Crippen molar-refractivity contribution in [2.45, 2.75) is 18.1 Å². The lowest BCUT2D eigenvalue weighted by Gasteiger charge is -2.44. The van der Waals surface area contributed by atoms with Crippen molar-refractivity contribution in [1.82, 2.24) is 10.6 Å². The Morgan fingerprint density at radius 2 is 1.27 bits per heavy atom.